The van der Waals surface area contributed by atoms with Crippen LogP contribution < -0.4 is 10.2 Å². The highest BCUT2D eigenvalue weighted by atomic mass is 16.3. The van der Waals surface area contributed by atoms with Crippen LogP contribution in [0.25, 0.3) is 33.2 Å². The van der Waals surface area contributed by atoms with E-state index in [9.17, 15) is 5.11 Å². The van der Waals surface area contributed by atoms with E-state index in [1.807, 2.05) is 38.5 Å². The van der Waals surface area contributed by atoms with Gasteiger partial charge in [-0.2, -0.15) is 5.10 Å². The van der Waals surface area contributed by atoms with Crippen molar-refractivity contribution in [2.24, 2.45) is 7.05 Å². The molecule has 0 radical (unpaired) electrons. The Morgan fingerprint density at radius 3 is 2.58 bits per heavy atom. The van der Waals surface area contributed by atoms with Gasteiger partial charge in [-0.15, -0.1) is 0 Å². The number of phenolic OH excluding ortho intramolecular Hbond substituents is 1. The fourth-order valence-electron chi connectivity index (χ4n) is 4.83. The van der Waals surface area contributed by atoms with Gasteiger partial charge in [0, 0.05) is 60.3 Å². The van der Waals surface area contributed by atoms with E-state index in [0.29, 0.717) is 29.0 Å². The van der Waals surface area contributed by atoms with Crippen LogP contribution in [0.5, 0.6) is 5.75 Å². The molecule has 1 aliphatic heterocycles. The third-order valence-corrected chi connectivity index (χ3v) is 6.27. The zero-order valence-electron chi connectivity index (χ0n) is 18.6. The van der Waals surface area contributed by atoms with E-state index in [0.717, 1.165) is 40.6 Å². The number of nitrogens with one attached hydrogen (secondary N) is 1. The van der Waals surface area contributed by atoms with Crippen LogP contribution in [-0.4, -0.2) is 50.0 Å². The number of aromatic nitrogens is 4. The number of hydrogen-bond acceptors (Lipinski definition) is 6. The Labute approximate surface area is 181 Å². The van der Waals surface area contributed by atoms with Crippen molar-refractivity contribution in [1.82, 2.24) is 25.1 Å². The summed E-state index contributed by atoms with van der Waals surface area (Å²) in [6.07, 6.45) is 3.89. The first kappa shape index (κ1) is 19.8. The van der Waals surface area contributed by atoms with Gasteiger partial charge in [-0.1, -0.05) is 0 Å². The van der Waals surface area contributed by atoms with Crippen molar-refractivity contribution in [3.8, 4) is 17.0 Å². The molecule has 0 bridgehead atoms. The zero-order valence-corrected chi connectivity index (χ0v) is 18.6. The normalized spacial score (nSPS) is 19.5. The Hall–Kier alpha value is -3.19. The summed E-state index contributed by atoms with van der Waals surface area (Å²) in [4.78, 5) is 11.9. The molecule has 3 aromatic heterocycles. The molecule has 0 saturated carbocycles. The van der Waals surface area contributed by atoms with E-state index in [2.05, 4.69) is 42.2 Å². The molecule has 7 heteroatoms. The second-order valence-corrected chi connectivity index (χ2v) is 8.85. The van der Waals surface area contributed by atoms with Gasteiger partial charge < -0.3 is 15.3 Å². The molecule has 4 aromatic rings. The molecule has 1 fully saturated rings. The molecule has 4 heterocycles. The van der Waals surface area contributed by atoms with Gasteiger partial charge in [0.2, 0.25) is 0 Å². The quantitative estimate of drug-likeness (QED) is 0.519. The summed E-state index contributed by atoms with van der Waals surface area (Å²) in [5, 5.41) is 20.9. The molecule has 7 nitrogen and oxygen atoms in total. The van der Waals surface area contributed by atoms with Crippen molar-refractivity contribution >= 4 is 27.6 Å². The first-order valence-electron chi connectivity index (χ1n) is 10.8. The van der Waals surface area contributed by atoms with Gasteiger partial charge >= 0.3 is 0 Å². The number of aryl methyl sites for hydroxylation is 3. The van der Waals surface area contributed by atoms with Crippen molar-refractivity contribution in [3.05, 3.63) is 41.7 Å². The topological polar surface area (TPSA) is 79.1 Å². The van der Waals surface area contributed by atoms with Crippen molar-refractivity contribution in [1.29, 1.82) is 0 Å². The monoisotopic (exact) mass is 416 g/mol. The SMILES string of the molecule is Cc1c(N2C[C@H](C)N[C@@H](C)C2)cnc2nc(-c3cc4cn(C)nc4c(C)c3O)ccc12. The summed E-state index contributed by atoms with van der Waals surface area (Å²) in [5.41, 5.74) is 6.03. The van der Waals surface area contributed by atoms with E-state index >= 15 is 0 Å². The predicted octanol–water partition coefficient (Wildman–Crippen LogP) is 3.69. The second-order valence-electron chi connectivity index (χ2n) is 8.85. The minimum absolute atomic E-state index is 0.218. The van der Waals surface area contributed by atoms with Crippen molar-refractivity contribution in [3.63, 3.8) is 0 Å². The fraction of sp³-hybridized carbons (Fsp3) is 0.375. The second kappa shape index (κ2) is 7.20. The summed E-state index contributed by atoms with van der Waals surface area (Å²) in [5.74, 6) is 0.218. The molecule has 0 amide bonds. The third kappa shape index (κ3) is 3.29. The van der Waals surface area contributed by atoms with Crippen LogP contribution in [0.4, 0.5) is 5.69 Å². The molecule has 0 spiro atoms. The lowest BCUT2D eigenvalue weighted by atomic mass is 10.0. The number of hydrogen-bond donors (Lipinski definition) is 2. The fourth-order valence-corrected chi connectivity index (χ4v) is 4.83. The van der Waals surface area contributed by atoms with Gasteiger partial charge in [0.15, 0.2) is 5.65 Å². The highest BCUT2D eigenvalue weighted by Gasteiger charge is 2.23. The lowest BCUT2D eigenvalue weighted by molar-refractivity contribution is 0.406. The summed E-state index contributed by atoms with van der Waals surface area (Å²) >= 11 is 0. The maximum Gasteiger partial charge on any atom is 0.160 e. The third-order valence-electron chi connectivity index (χ3n) is 6.27. The van der Waals surface area contributed by atoms with Gasteiger partial charge in [0.1, 0.15) is 5.75 Å². The number of benzene rings is 1. The number of anilines is 1. The maximum atomic E-state index is 10.8. The first-order chi connectivity index (χ1) is 14.8. The van der Waals surface area contributed by atoms with E-state index in [1.165, 1.54) is 5.56 Å². The molecule has 5 rings (SSSR count). The predicted molar refractivity (Wildman–Crippen MR) is 125 cm³/mol. The van der Waals surface area contributed by atoms with E-state index in [4.69, 9.17) is 9.97 Å². The number of rotatable bonds is 2. The Bertz CT molecular complexity index is 1300. The largest absolute Gasteiger partial charge is 0.507 e. The minimum Gasteiger partial charge on any atom is -0.507 e. The number of phenols is 1. The molecule has 1 aromatic carbocycles. The van der Waals surface area contributed by atoms with Crippen LogP contribution in [0, 0.1) is 13.8 Å². The lowest BCUT2D eigenvalue weighted by Crippen LogP contribution is -2.54. The highest BCUT2D eigenvalue weighted by molar-refractivity contribution is 5.92. The Kier molecular flexibility index (Phi) is 4.59. The lowest BCUT2D eigenvalue weighted by Gasteiger charge is -2.38. The highest BCUT2D eigenvalue weighted by Crippen LogP contribution is 2.37. The van der Waals surface area contributed by atoms with Crippen LogP contribution in [-0.2, 0) is 7.05 Å². The maximum absolute atomic E-state index is 10.8. The van der Waals surface area contributed by atoms with Gasteiger partial charge in [0.25, 0.3) is 0 Å². The summed E-state index contributed by atoms with van der Waals surface area (Å²) in [6.45, 7) is 10.4. The summed E-state index contributed by atoms with van der Waals surface area (Å²) in [6, 6.07) is 6.87. The first-order valence-corrected chi connectivity index (χ1v) is 10.8. The molecular formula is C24H28N6O. The molecule has 1 saturated heterocycles. The smallest absolute Gasteiger partial charge is 0.160 e. The summed E-state index contributed by atoms with van der Waals surface area (Å²) in [7, 11) is 1.88. The Morgan fingerprint density at radius 2 is 1.84 bits per heavy atom. The number of piperazine rings is 1. The molecule has 2 N–H and O–H groups in total. The van der Waals surface area contributed by atoms with Gasteiger partial charge in [-0.3, -0.25) is 4.68 Å². The number of pyridine rings is 2. The van der Waals surface area contributed by atoms with Crippen molar-refractivity contribution in [2.75, 3.05) is 18.0 Å². The van der Waals surface area contributed by atoms with Crippen molar-refractivity contribution < 1.29 is 5.11 Å². The molecule has 1 aliphatic rings. The van der Waals surface area contributed by atoms with Crippen LogP contribution >= 0.6 is 0 Å². The Balaban J connectivity index is 1.59. The van der Waals surface area contributed by atoms with Crippen LogP contribution in [0.1, 0.15) is 25.0 Å². The van der Waals surface area contributed by atoms with Gasteiger partial charge in [-0.25, -0.2) is 9.97 Å². The Morgan fingerprint density at radius 1 is 1.10 bits per heavy atom. The van der Waals surface area contributed by atoms with Crippen LogP contribution in [0.3, 0.4) is 0 Å². The molecule has 160 valence electrons. The number of nitrogens with zero attached hydrogens (tertiary/aromatic N) is 5. The van der Waals surface area contributed by atoms with E-state index in [-0.39, 0.29) is 5.75 Å². The van der Waals surface area contributed by atoms with Crippen molar-refractivity contribution in [2.45, 2.75) is 39.8 Å². The molecular weight excluding hydrogens is 388 g/mol. The standard InChI is InChI=1S/C24H28N6O/c1-13-10-30(11-14(2)26-13)21-9-25-24-18(15(21)3)6-7-20(27-24)19-8-17-12-29(5)28-22(17)16(4)23(19)31/h6-9,12-14,26,31H,10-11H2,1-5H3/t13-,14-/m0/s1. The average Bonchev–Trinajstić information content (AvgIpc) is 3.10. The molecule has 0 aliphatic carbocycles. The minimum atomic E-state index is 0.218. The molecule has 0 unspecified atom stereocenters. The van der Waals surface area contributed by atoms with Gasteiger partial charge in [0.05, 0.1) is 23.1 Å². The van der Waals surface area contributed by atoms with E-state index in [1.54, 1.807) is 4.68 Å². The molecule has 2 atom stereocenters. The number of fused-ring (bicyclic) bond motifs is 2. The van der Waals surface area contributed by atoms with Crippen LogP contribution in [0.15, 0.2) is 30.6 Å². The average molecular weight is 417 g/mol. The molecule has 31 heavy (non-hydrogen) atoms. The van der Waals surface area contributed by atoms with Crippen LogP contribution in [0.2, 0.25) is 0 Å². The van der Waals surface area contributed by atoms with Gasteiger partial charge in [-0.05, 0) is 51.5 Å². The number of aromatic hydroxyl groups is 1. The van der Waals surface area contributed by atoms with E-state index < -0.39 is 0 Å². The zero-order chi connectivity index (χ0) is 21.9. The summed E-state index contributed by atoms with van der Waals surface area (Å²) < 4.78 is 1.76.